The summed E-state index contributed by atoms with van der Waals surface area (Å²) in [6, 6.07) is 3.81. The Kier molecular flexibility index (Phi) is 3.99. The van der Waals surface area contributed by atoms with Gasteiger partial charge in [-0.05, 0) is 50.8 Å². The van der Waals surface area contributed by atoms with Crippen molar-refractivity contribution in [3.05, 3.63) is 46.4 Å². The van der Waals surface area contributed by atoms with Gasteiger partial charge in [-0.1, -0.05) is 0 Å². The summed E-state index contributed by atoms with van der Waals surface area (Å²) in [5, 5.41) is 4.70. The standard InChI is InChI=1S/C17H23N5O/c23-17-3-6-18-13-21(17)11-14-4-8-20(9-5-14)12-15-10-16-2-1-7-22(16)19-15/h3,6,10,13-14H,1-2,4-5,7-9,11-12H2. The van der Waals surface area contributed by atoms with Gasteiger partial charge in [0.25, 0.3) is 5.56 Å². The van der Waals surface area contributed by atoms with Crippen LogP contribution in [-0.2, 0) is 26.1 Å². The fraction of sp³-hybridized carbons (Fsp3) is 0.588. The number of fused-ring (bicyclic) bond motifs is 1. The van der Waals surface area contributed by atoms with Crippen LogP contribution < -0.4 is 5.56 Å². The predicted molar refractivity (Wildman–Crippen MR) is 87.0 cm³/mol. The van der Waals surface area contributed by atoms with Gasteiger partial charge in [-0.3, -0.25) is 18.9 Å². The smallest absolute Gasteiger partial charge is 0.253 e. The Morgan fingerprint density at radius 2 is 2.09 bits per heavy atom. The molecule has 122 valence electrons. The average Bonchev–Trinajstić information content (AvgIpc) is 3.13. The van der Waals surface area contributed by atoms with E-state index in [1.165, 1.54) is 30.3 Å². The molecule has 0 unspecified atom stereocenters. The highest BCUT2D eigenvalue weighted by molar-refractivity contribution is 5.13. The van der Waals surface area contributed by atoms with Crippen molar-refractivity contribution in [1.29, 1.82) is 0 Å². The van der Waals surface area contributed by atoms with Crippen LogP contribution in [0.3, 0.4) is 0 Å². The molecule has 0 spiro atoms. The first-order chi connectivity index (χ1) is 11.3. The van der Waals surface area contributed by atoms with Crippen LogP contribution in [0.25, 0.3) is 0 Å². The summed E-state index contributed by atoms with van der Waals surface area (Å²) in [6.45, 7) is 5.00. The number of likely N-dealkylation sites (tertiary alicyclic amines) is 1. The van der Waals surface area contributed by atoms with Crippen LogP contribution in [0.5, 0.6) is 0 Å². The van der Waals surface area contributed by atoms with E-state index in [4.69, 9.17) is 5.10 Å². The third kappa shape index (κ3) is 3.22. The van der Waals surface area contributed by atoms with Crippen LogP contribution in [0.1, 0.15) is 30.7 Å². The zero-order valence-corrected chi connectivity index (χ0v) is 13.4. The van der Waals surface area contributed by atoms with Crippen LogP contribution in [-0.4, -0.2) is 37.3 Å². The second kappa shape index (κ2) is 6.28. The molecule has 4 heterocycles. The second-order valence-electron chi connectivity index (χ2n) is 6.74. The molecule has 6 heteroatoms. The molecule has 0 atom stereocenters. The highest BCUT2D eigenvalue weighted by atomic mass is 16.1. The van der Waals surface area contributed by atoms with Gasteiger partial charge < -0.3 is 0 Å². The van der Waals surface area contributed by atoms with Gasteiger partial charge in [0.1, 0.15) is 0 Å². The fourth-order valence-electron chi connectivity index (χ4n) is 3.75. The number of piperidine rings is 1. The van der Waals surface area contributed by atoms with E-state index in [9.17, 15) is 4.79 Å². The molecule has 2 aliphatic heterocycles. The maximum Gasteiger partial charge on any atom is 0.253 e. The monoisotopic (exact) mass is 313 g/mol. The highest BCUT2D eigenvalue weighted by Crippen LogP contribution is 2.21. The zero-order chi connectivity index (χ0) is 15.6. The molecule has 0 saturated carbocycles. The van der Waals surface area contributed by atoms with E-state index in [-0.39, 0.29) is 5.56 Å². The van der Waals surface area contributed by atoms with Crippen molar-refractivity contribution >= 4 is 0 Å². The molecular weight excluding hydrogens is 290 g/mol. The minimum absolute atomic E-state index is 0.0509. The first kappa shape index (κ1) is 14.6. The summed E-state index contributed by atoms with van der Waals surface area (Å²) in [5.41, 5.74) is 2.66. The predicted octanol–water partition coefficient (Wildman–Crippen LogP) is 1.30. The van der Waals surface area contributed by atoms with Crippen LogP contribution in [0.15, 0.2) is 29.5 Å². The van der Waals surface area contributed by atoms with Crippen molar-refractivity contribution in [2.24, 2.45) is 5.92 Å². The van der Waals surface area contributed by atoms with Gasteiger partial charge in [0, 0.05) is 37.6 Å². The molecule has 2 aliphatic rings. The Balaban J connectivity index is 1.30. The third-order valence-corrected chi connectivity index (χ3v) is 5.06. The number of aromatic nitrogens is 4. The third-order valence-electron chi connectivity index (χ3n) is 5.06. The molecule has 0 bridgehead atoms. The first-order valence-electron chi connectivity index (χ1n) is 8.56. The maximum absolute atomic E-state index is 11.8. The molecule has 0 amide bonds. The van der Waals surface area contributed by atoms with Gasteiger partial charge in [-0.2, -0.15) is 5.10 Å². The summed E-state index contributed by atoms with van der Waals surface area (Å²) >= 11 is 0. The Labute approximate surface area is 135 Å². The van der Waals surface area contributed by atoms with Crippen LogP contribution >= 0.6 is 0 Å². The quantitative estimate of drug-likeness (QED) is 0.854. The molecule has 2 aromatic heterocycles. The van der Waals surface area contributed by atoms with Crippen molar-refractivity contribution in [2.75, 3.05) is 13.1 Å². The number of aryl methyl sites for hydroxylation is 2. The lowest BCUT2D eigenvalue weighted by atomic mass is 9.96. The van der Waals surface area contributed by atoms with Crippen LogP contribution in [0.4, 0.5) is 0 Å². The minimum atomic E-state index is 0.0509. The van der Waals surface area contributed by atoms with Crippen molar-refractivity contribution in [3.63, 3.8) is 0 Å². The molecular formula is C17H23N5O. The lowest BCUT2D eigenvalue weighted by Crippen LogP contribution is -2.36. The van der Waals surface area contributed by atoms with E-state index in [1.807, 2.05) is 0 Å². The van der Waals surface area contributed by atoms with E-state index < -0.39 is 0 Å². The first-order valence-corrected chi connectivity index (χ1v) is 8.56. The van der Waals surface area contributed by atoms with Crippen LogP contribution in [0.2, 0.25) is 0 Å². The Morgan fingerprint density at radius 3 is 2.87 bits per heavy atom. The number of nitrogens with zero attached hydrogens (tertiary/aromatic N) is 5. The SMILES string of the molecule is O=c1ccncn1CC1CCN(Cc2cc3n(n2)CCC3)CC1. The van der Waals surface area contributed by atoms with Gasteiger partial charge in [0.05, 0.1) is 12.0 Å². The van der Waals surface area contributed by atoms with Crippen LogP contribution in [0, 0.1) is 5.92 Å². The van der Waals surface area contributed by atoms with E-state index in [1.54, 1.807) is 17.1 Å². The van der Waals surface area contributed by atoms with Gasteiger partial charge in [-0.15, -0.1) is 0 Å². The zero-order valence-electron chi connectivity index (χ0n) is 13.4. The molecule has 1 fully saturated rings. The lowest BCUT2D eigenvalue weighted by Gasteiger charge is -2.31. The Bertz CT molecular complexity index is 705. The summed E-state index contributed by atoms with van der Waals surface area (Å²) in [7, 11) is 0. The van der Waals surface area contributed by atoms with Gasteiger partial charge >= 0.3 is 0 Å². The molecule has 1 saturated heterocycles. The highest BCUT2D eigenvalue weighted by Gasteiger charge is 2.21. The normalized spacial score (nSPS) is 19.1. The number of rotatable bonds is 4. The molecule has 0 N–H and O–H groups in total. The molecule has 6 nitrogen and oxygen atoms in total. The Morgan fingerprint density at radius 1 is 1.22 bits per heavy atom. The van der Waals surface area contributed by atoms with E-state index in [0.717, 1.165) is 45.6 Å². The summed E-state index contributed by atoms with van der Waals surface area (Å²) < 4.78 is 3.90. The van der Waals surface area contributed by atoms with E-state index >= 15 is 0 Å². The molecule has 23 heavy (non-hydrogen) atoms. The van der Waals surface area contributed by atoms with Crippen molar-refractivity contribution in [1.82, 2.24) is 24.2 Å². The van der Waals surface area contributed by atoms with Gasteiger partial charge in [0.2, 0.25) is 0 Å². The van der Waals surface area contributed by atoms with Gasteiger partial charge in [0.15, 0.2) is 0 Å². The second-order valence-corrected chi connectivity index (χ2v) is 6.74. The summed E-state index contributed by atoms with van der Waals surface area (Å²) in [5.74, 6) is 0.570. The van der Waals surface area contributed by atoms with Crippen molar-refractivity contribution in [3.8, 4) is 0 Å². The van der Waals surface area contributed by atoms with E-state index in [2.05, 4.69) is 20.6 Å². The molecule has 4 rings (SSSR count). The fourth-order valence-corrected chi connectivity index (χ4v) is 3.75. The summed E-state index contributed by atoms with van der Waals surface area (Å²) in [4.78, 5) is 18.3. The minimum Gasteiger partial charge on any atom is -0.299 e. The maximum atomic E-state index is 11.8. The molecule has 0 aliphatic carbocycles. The molecule has 2 aromatic rings. The summed E-state index contributed by atoms with van der Waals surface area (Å²) in [6.07, 6.45) is 7.89. The van der Waals surface area contributed by atoms with Crippen molar-refractivity contribution in [2.45, 2.75) is 45.3 Å². The average molecular weight is 313 g/mol. The molecule has 0 aromatic carbocycles. The largest absolute Gasteiger partial charge is 0.299 e. The topological polar surface area (TPSA) is 56.0 Å². The Hall–Kier alpha value is -1.95. The van der Waals surface area contributed by atoms with Gasteiger partial charge in [-0.25, -0.2) is 4.98 Å². The van der Waals surface area contributed by atoms with Crippen molar-refractivity contribution < 1.29 is 0 Å². The lowest BCUT2D eigenvalue weighted by molar-refractivity contribution is 0.164. The number of hydrogen-bond donors (Lipinski definition) is 0. The van der Waals surface area contributed by atoms with E-state index in [0.29, 0.717) is 5.92 Å². The molecule has 0 radical (unpaired) electrons. The number of hydrogen-bond acceptors (Lipinski definition) is 4.